The van der Waals surface area contributed by atoms with E-state index in [1.165, 1.54) is 6.20 Å². The Morgan fingerprint density at radius 2 is 1.89 bits per heavy atom. The van der Waals surface area contributed by atoms with E-state index in [2.05, 4.69) is 9.97 Å². The van der Waals surface area contributed by atoms with Crippen LogP contribution in [-0.2, 0) is 6.54 Å². The topological polar surface area (TPSA) is 49.2 Å². The van der Waals surface area contributed by atoms with Crippen molar-refractivity contribution in [2.75, 3.05) is 18.1 Å². The van der Waals surface area contributed by atoms with Crippen LogP contribution in [0.25, 0.3) is 0 Å². The van der Waals surface area contributed by atoms with Crippen LogP contribution in [0.1, 0.15) is 5.56 Å². The lowest BCUT2D eigenvalue weighted by molar-refractivity contribution is 0.301. The molecule has 1 aromatic carbocycles. The van der Waals surface area contributed by atoms with Gasteiger partial charge in [-0.1, -0.05) is 41.9 Å². The van der Waals surface area contributed by atoms with Crippen LogP contribution in [0.3, 0.4) is 0 Å². The number of benzene rings is 1. The molecule has 0 saturated carbocycles. The van der Waals surface area contributed by atoms with E-state index in [1.807, 2.05) is 35.2 Å². The van der Waals surface area contributed by atoms with Gasteiger partial charge in [-0.15, -0.1) is 0 Å². The highest BCUT2D eigenvalue weighted by molar-refractivity contribution is 6.33. The van der Waals surface area contributed by atoms with Gasteiger partial charge in [0.25, 0.3) is 0 Å². The lowest BCUT2D eigenvalue weighted by Gasteiger charge is -2.23. The number of rotatable bonds is 5. The molecule has 2 rings (SSSR count). The first-order valence-electron chi connectivity index (χ1n) is 5.78. The molecule has 4 nitrogen and oxygen atoms in total. The molecule has 0 bridgehead atoms. The summed E-state index contributed by atoms with van der Waals surface area (Å²) in [6.07, 6.45) is 1.46. The van der Waals surface area contributed by atoms with Gasteiger partial charge in [-0.3, -0.25) is 0 Å². The molecule has 0 radical (unpaired) electrons. The maximum atomic E-state index is 9.18. The Kier molecular flexibility index (Phi) is 4.96. The highest BCUT2D eigenvalue weighted by atomic mass is 35.5. The van der Waals surface area contributed by atoms with E-state index >= 15 is 0 Å². The fourth-order valence-electron chi connectivity index (χ4n) is 1.74. The van der Waals surface area contributed by atoms with Gasteiger partial charge in [0, 0.05) is 13.1 Å². The van der Waals surface area contributed by atoms with Gasteiger partial charge >= 0.3 is 0 Å². The molecule has 100 valence electrons. The summed E-state index contributed by atoms with van der Waals surface area (Å²) in [6.45, 7) is 1.02. The summed E-state index contributed by atoms with van der Waals surface area (Å²) in [5.74, 6) is 0.527. The summed E-state index contributed by atoms with van der Waals surface area (Å²) in [5.41, 5.74) is 1.10. The predicted molar refractivity (Wildman–Crippen MR) is 76.6 cm³/mol. The van der Waals surface area contributed by atoms with Crippen LogP contribution in [0.5, 0.6) is 0 Å². The Morgan fingerprint density at radius 1 is 1.16 bits per heavy atom. The van der Waals surface area contributed by atoms with Crippen molar-refractivity contribution in [3.05, 3.63) is 52.4 Å². The van der Waals surface area contributed by atoms with Gasteiger partial charge in [0.05, 0.1) is 12.8 Å². The van der Waals surface area contributed by atoms with Crippen LogP contribution in [0.2, 0.25) is 10.3 Å². The number of halogens is 2. The third-order valence-corrected chi connectivity index (χ3v) is 3.03. The smallest absolute Gasteiger partial charge is 0.224 e. The molecule has 0 unspecified atom stereocenters. The van der Waals surface area contributed by atoms with Gasteiger partial charge in [-0.25, -0.2) is 4.98 Å². The van der Waals surface area contributed by atoms with Crippen molar-refractivity contribution >= 4 is 29.0 Å². The van der Waals surface area contributed by atoms with Gasteiger partial charge in [-0.2, -0.15) is 4.98 Å². The van der Waals surface area contributed by atoms with E-state index in [9.17, 15) is 5.11 Å². The molecule has 0 aliphatic carbocycles. The van der Waals surface area contributed by atoms with E-state index in [0.29, 0.717) is 23.9 Å². The SMILES string of the molecule is OCCN(Cc1ccccc1)c1nc(Cl)ncc1Cl. The molecule has 0 aliphatic rings. The lowest BCUT2D eigenvalue weighted by Crippen LogP contribution is -2.27. The molecule has 1 heterocycles. The maximum Gasteiger partial charge on any atom is 0.224 e. The van der Waals surface area contributed by atoms with Crippen LogP contribution >= 0.6 is 23.2 Å². The summed E-state index contributed by atoms with van der Waals surface area (Å²) < 4.78 is 0. The van der Waals surface area contributed by atoms with E-state index in [0.717, 1.165) is 5.56 Å². The van der Waals surface area contributed by atoms with Crippen molar-refractivity contribution < 1.29 is 5.11 Å². The van der Waals surface area contributed by atoms with E-state index in [4.69, 9.17) is 23.2 Å². The van der Waals surface area contributed by atoms with E-state index < -0.39 is 0 Å². The Hall–Kier alpha value is -1.36. The van der Waals surface area contributed by atoms with Crippen molar-refractivity contribution in [3.8, 4) is 0 Å². The van der Waals surface area contributed by atoms with Gasteiger partial charge in [-0.05, 0) is 17.2 Å². The fourth-order valence-corrected chi connectivity index (χ4v) is 2.08. The van der Waals surface area contributed by atoms with Gasteiger partial charge in [0.2, 0.25) is 5.28 Å². The summed E-state index contributed by atoms with van der Waals surface area (Å²) >= 11 is 11.9. The predicted octanol–water partition coefficient (Wildman–Crippen LogP) is 2.78. The largest absolute Gasteiger partial charge is 0.395 e. The monoisotopic (exact) mass is 297 g/mol. The zero-order valence-electron chi connectivity index (χ0n) is 10.1. The zero-order chi connectivity index (χ0) is 13.7. The number of hydrogen-bond acceptors (Lipinski definition) is 4. The Bertz CT molecular complexity index is 537. The molecule has 0 aliphatic heterocycles. The minimum Gasteiger partial charge on any atom is -0.395 e. The number of aliphatic hydroxyl groups is 1. The Balaban J connectivity index is 2.27. The Labute approximate surface area is 121 Å². The summed E-state index contributed by atoms with van der Waals surface area (Å²) in [4.78, 5) is 9.81. The molecule has 0 saturated heterocycles. The molecule has 2 aromatic rings. The molecular weight excluding hydrogens is 285 g/mol. The summed E-state index contributed by atoms with van der Waals surface area (Å²) in [5, 5.41) is 9.72. The third-order valence-electron chi connectivity index (χ3n) is 2.58. The normalized spacial score (nSPS) is 10.5. The van der Waals surface area contributed by atoms with Crippen LogP contribution < -0.4 is 4.90 Å². The maximum absolute atomic E-state index is 9.18. The highest BCUT2D eigenvalue weighted by Crippen LogP contribution is 2.25. The van der Waals surface area contributed by atoms with Crippen molar-refractivity contribution in [2.45, 2.75) is 6.54 Å². The minimum atomic E-state index is 0.00475. The van der Waals surface area contributed by atoms with Gasteiger partial charge < -0.3 is 10.0 Å². The van der Waals surface area contributed by atoms with Crippen molar-refractivity contribution in [2.24, 2.45) is 0 Å². The molecule has 0 amide bonds. The number of aliphatic hydroxyl groups excluding tert-OH is 1. The summed E-state index contributed by atoms with van der Waals surface area (Å²) in [7, 11) is 0. The second-order valence-electron chi connectivity index (χ2n) is 3.94. The molecule has 19 heavy (non-hydrogen) atoms. The first-order chi connectivity index (χ1) is 9.20. The fraction of sp³-hybridized carbons (Fsp3) is 0.231. The molecule has 0 atom stereocenters. The van der Waals surface area contributed by atoms with Crippen molar-refractivity contribution in [1.29, 1.82) is 0 Å². The van der Waals surface area contributed by atoms with Crippen molar-refractivity contribution in [1.82, 2.24) is 9.97 Å². The van der Waals surface area contributed by atoms with Crippen LogP contribution in [0.4, 0.5) is 5.82 Å². The lowest BCUT2D eigenvalue weighted by atomic mass is 10.2. The molecule has 0 spiro atoms. The minimum absolute atomic E-state index is 0.00475. The van der Waals surface area contributed by atoms with E-state index in [1.54, 1.807) is 0 Å². The number of aromatic nitrogens is 2. The molecule has 1 N–H and O–H groups in total. The Morgan fingerprint density at radius 3 is 2.58 bits per heavy atom. The average Bonchev–Trinajstić information content (AvgIpc) is 2.42. The second kappa shape index (κ2) is 6.70. The third kappa shape index (κ3) is 3.80. The average molecular weight is 298 g/mol. The first-order valence-corrected chi connectivity index (χ1v) is 6.54. The van der Waals surface area contributed by atoms with Gasteiger partial charge in [0.15, 0.2) is 5.82 Å². The highest BCUT2D eigenvalue weighted by Gasteiger charge is 2.13. The molecule has 6 heteroatoms. The van der Waals surface area contributed by atoms with Crippen molar-refractivity contribution in [3.63, 3.8) is 0 Å². The number of anilines is 1. The van der Waals surface area contributed by atoms with Crippen LogP contribution in [0.15, 0.2) is 36.5 Å². The quantitative estimate of drug-likeness (QED) is 0.862. The summed E-state index contributed by atoms with van der Waals surface area (Å²) in [6, 6.07) is 9.87. The number of nitrogens with zero attached hydrogens (tertiary/aromatic N) is 3. The molecule has 1 aromatic heterocycles. The first kappa shape index (κ1) is 14.1. The zero-order valence-corrected chi connectivity index (χ0v) is 11.6. The second-order valence-corrected chi connectivity index (χ2v) is 4.69. The molecule has 0 fully saturated rings. The number of hydrogen-bond donors (Lipinski definition) is 1. The van der Waals surface area contributed by atoms with E-state index in [-0.39, 0.29) is 11.9 Å². The van der Waals surface area contributed by atoms with Gasteiger partial charge in [0.1, 0.15) is 5.02 Å². The standard InChI is InChI=1S/C13H13Cl2N3O/c14-11-8-16-13(15)17-12(11)18(6-7-19)9-10-4-2-1-3-5-10/h1-5,8,19H,6-7,9H2. The van der Waals surface area contributed by atoms with Crippen LogP contribution in [-0.4, -0.2) is 28.2 Å². The molecular formula is C13H13Cl2N3O. The van der Waals surface area contributed by atoms with Crippen LogP contribution in [0, 0.1) is 0 Å².